The van der Waals surface area contributed by atoms with Gasteiger partial charge < -0.3 is 5.11 Å². The van der Waals surface area contributed by atoms with E-state index in [1.54, 1.807) is 24.6 Å². The van der Waals surface area contributed by atoms with Gasteiger partial charge in [0.2, 0.25) is 0 Å². The Labute approximate surface area is 128 Å². The highest BCUT2D eigenvalue weighted by Gasteiger charge is 2.34. The fraction of sp³-hybridized carbons (Fsp3) is 0.235. The van der Waals surface area contributed by atoms with Crippen LogP contribution in [-0.2, 0) is 10.3 Å². The fourth-order valence-electron chi connectivity index (χ4n) is 2.47. The molecule has 5 nitrogen and oxygen atoms in total. The number of aliphatic carboxylic acids is 1. The average Bonchev–Trinajstić information content (AvgIpc) is 2.87. The Morgan fingerprint density at radius 1 is 1.23 bits per heavy atom. The number of pyridine rings is 1. The molecule has 0 unspecified atom stereocenters. The van der Waals surface area contributed by atoms with E-state index >= 15 is 0 Å². The zero-order chi connectivity index (χ0) is 15.9. The highest BCUT2D eigenvalue weighted by molar-refractivity contribution is 5.84. The molecular weight excluding hydrogens is 278 g/mol. The summed E-state index contributed by atoms with van der Waals surface area (Å²) in [6, 6.07) is 11.5. The number of hydrogen-bond donors (Lipinski definition) is 1. The van der Waals surface area contributed by atoms with Crippen LogP contribution in [-0.4, -0.2) is 25.6 Å². The molecule has 3 rings (SSSR count). The molecule has 2 aromatic heterocycles. The van der Waals surface area contributed by atoms with Crippen LogP contribution < -0.4 is 0 Å². The Morgan fingerprint density at radius 2 is 1.91 bits per heavy atom. The molecular formula is C17H17N3O2. The minimum absolute atomic E-state index is 0.580. The van der Waals surface area contributed by atoms with Crippen LogP contribution in [0.15, 0.2) is 42.6 Å². The number of fused-ring (bicyclic) bond motifs is 1. The van der Waals surface area contributed by atoms with E-state index in [0.717, 1.165) is 11.1 Å². The van der Waals surface area contributed by atoms with E-state index < -0.39 is 11.5 Å². The molecule has 0 saturated carbocycles. The Hall–Kier alpha value is -2.69. The van der Waals surface area contributed by atoms with Crippen molar-refractivity contribution in [3.8, 4) is 11.4 Å². The van der Waals surface area contributed by atoms with Gasteiger partial charge in [0.05, 0.1) is 0 Å². The summed E-state index contributed by atoms with van der Waals surface area (Å²) < 4.78 is 1.69. The molecule has 0 bridgehead atoms. The van der Waals surface area contributed by atoms with Crippen LogP contribution in [0.5, 0.6) is 0 Å². The Bertz CT molecular complexity index is 851. The summed E-state index contributed by atoms with van der Waals surface area (Å²) in [5, 5.41) is 9.62. The van der Waals surface area contributed by atoms with Crippen molar-refractivity contribution in [3.63, 3.8) is 0 Å². The van der Waals surface area contributed by atoms with Crippen LogP contribution in [0.2, 0.25) is 0 Å². The maximum absolute atomic E-state index is 11.7. The van der Waals surface area contributed by atoms with Gasteiger partial charge in [-0.3, -0.25) is 4.57 Å². The number of aryl methyl sites for hydroxylation is 1. The van der Waals surface area contributed by atoms with Crippen LogP contribution in [0.25, 0.3) is 22.6 Å². The van der Waals surface area contributed by atoms with Crippen molar-refractivity contribution in [1.29, 1.82) is 0 Å². The number of aromatic nitrogens is 3. The van der Waals surface area contributed by atoms with E-state index in [4.69, 9.17) is 0 Å². The van der Waals surface area contributed by atoms with Gasteiger partial charge in [-0.25, -0.2) is 14.8 Å². The van der Waals surface area contributed by atoms with Crippen molar-refractivity contribution in [2.45, 2.75) is 26.3 Å². The highest BCUT2D eigenvalue weighted by atomic mass is 16.4. The molecule has 0 amide bonds. The van der Waals surface area contributed by atoms with Gasteiger partial charge in [0, 0.05) is 11.8 Å². The van der Waals surface area contributed by atoms with Crippen molar-refractivity contribution in [2.75, 3.05) is 0 Å². The minimum atomic E-state index is -1.15. The van der Waals surface area contributed by atoms with Crippen LogP contribution in [0, 0.1) is 6.92 Å². The average molecular weight is 295 g/mol. The van der Waals surface area contributed by atoms with E-state index in [1.165, 1.54) is 0 Å². The number of rotatable bonds is 3. The number of nitrogens with zero attached hydrogens (tertiary/aromatic N) is 3. The quantitative estimate of drug-likeness (QED) is 0.805. The molecule has 0 spiro atoms. The third-order valence-corrected chi connectivity index (χ3v) is 3.75. The largest absolute Gasteiger partial charge is 0.480 e. The zero-order valence-corrected chi connectivity index (χ0v) is 12.7. The second-order valence-corrected chi connectivity index (χ2v) is 5.86. The second kappa shape index (κ2) is 4.94. The molecule has 5 heteroatoms. The molecule has 2 heterocycles. The van der Waals surface area contributed by atoms with E-state index in [-0.39, 0.29) is 0 Å². The Morgan fingerprint density at radius 3 is 2.55 bits per heavy atom. The van der Waals surface area contributed by atoms with Gasteiger partial charge in [-0.2, -0.15) is 0 Å². The number of carboxylic acids is 1. The van der Waals surface area contributed by atoms with E-state index in [1.807, 2.05) is 43.3 Å². The standard InChI is InChI=1S/C17H17N3O2/c1-11-9-13-15(18-10-11)20(17(2,3)16(21)22)14(19-13)12-7-5-4-6-8-12/h4-10H,1-3H3,(H,21,22). The van der Waals surface area contributed by atoms with Gasteiger partial charge >= 0.3 is 5.97 Å². The number of benzene rings is 1. The van der Waals surface area contributed by atoms with Gasteiger partial charge in [0.1, 0.15) is 16.9 Å². The molecule has 1 N–H and O–H groups in total. The summed E-state index contributed by atoms with van der Waals surface area (Å²) >= 11 is 0. The third kappa shape index (κ3) is 2.15. The van der Waals surface area contributed by atoms with Gasteiger partial charge in [0.25, 0.3) is 0 Å². The van der Waals surface area contributed by atoms with Crippen LogP contribution in [0.3, 0.4) is 0 Å². The summed E-state index contributed by atoms with van der Waals surface area (Å²) in [6.45, 7) is 5.25. The molecule has 0 saturated heterocycles. The molecule has 0 aliphatic heterocycles. The molecule has 22 heavy (non-hydrogen) atoms. The third-order valence-electron chi connectivity index (χ3n) is 3.75. The number of imidazole rings is 1. The molecule has 0 radical (unpaired) electrons. The van der Waals surface area contributed by atoms with E-state index in [9.17, 15) is 9.90 Å². The fourth-order valence-corrected chi connectivity index (χ4v) is 2.47. The second-order valence-electron chi connectivity index (χ2n) is 5.86. The normalized spacial score (nSPS) is 11.8. The van der Waals surface area contributed by atoms with Crippen molar-refractivity contribution in [1.82, 2.24) is 14.5 Å². The molecule has 3 aromatic rings. The predicted molar refractivity (Wildman–Crippen MR) is 84.7 cm³/mol. The maximum Gasteiger partial charge on any atom is 0.329 e. The number of carbonyl (C=O) groups is 1. The molecule has 0 fully saturated rings. The summed E-state index contributed by atoms with van der Waals surface area (Å²) in [7, 11) is 0. The predicted octanol–water partition coefficient (Wildman–Crippen LogP) is 3.23. The molecule has 112 valence electrons. The maximum atomic E-state index is 11.7. The Kier molecular flexibility index (Phi) is 3.20. The van der Waals surface area contributed by atoms with Gasteiger partial charge in [-0.05, 0) is 32.4 Å². The monoisotopic (exact) mass is 295 g/mol. The lowest BCUT2D eigenvalue weighted by Crippen LogP contribution is -2.36. The molecule has 0 aliphatic rings. The summed E-state index contributed by atoms with van der Waals surface area (Å²) in [4.78, 5) is 20.8. The minimum Gasteiger partial charge on any atom is -0.480 e. The molecule has 0 aliphatic carbocycles. The zero-order valence-electron chi connectivity index (χ0n) is 12.7. The first-order chi connectivity index (χ1) is 10.4. The Balaban J connectivity index is 2.39. The van der Waals surface area contributed by atoms with Crippen LogP contribution in [0.4, 0.5) is 0 Å². The van der Waals surface area contributed by atoms with Gasteiger partial charge in [-0.15, -0.1) is 0 Å². The van der Waals surface area contributed by atoms with Gasteiger partial charge in [-0.1, -0.05) is 30.3 Å². The lowest BCUT2D eigenvalue weighted by molar-refractivity contribution is -0.145. The first-order valence-electron chi connectivity index (χ1n) is 7.05. The van der Waals surface area contributed by atoms with Crippen molar-refractivity contribution in [3.05, 3.63) is 48.2 Å². The van der Waals surface area contributed by atoms with Gasteiger partial charge in [0.15, 0.2) is 5.65 Å². The lowest BCUT2D eigenvalue weighted by atomic mass is 10.0. The van der Waals surface area contributed by atoms with Crippen molar-refractivity contribution >= 4 is 17.1 Å². The molecule has 1 aromatic carbocycles. The summed E-state index contributed by atoms with van der Waals surface area (Å²) in [6.07, 6.45) is 1.73. The van der Waals surface area contributed by atoms with Crippen molar-refractivity contribution in [2.24, 2.45) is 0 Å². The molecule has 0 atom stereocenters. The topological polar surface area (TPSA) is 68.0 Å². The smallest absolute Gasteiger partial charge is 0.329 e. The summed E-state index contributed by atoms with van der Waals surface area (Å²) in [5.41, 5.74) is 1.99. The SMILES string of the molecule is Cc1cnc2c(c1)nc(-c1ccccc1)n2C(C)(C)C(=O)O. The first kappa shape index (κ1) is 14.3. The van der Waals surface area contributed by atoms with E-state index in [2.05, 4.69) is 9.97 Å². The number of carboxylic acid groups (broad SMARTS) is 1. The lowest BCUT2D eigenvalue weighted by Gasteiger charge is -2.24. The van der Waals surface area contributed by atoms with Crippen LogP contribution >= 0.6 is 0 Å². The number of hydrogen-bond acceptors (Lipinski definition) is 3. The summed E-state index contributed by atoms with van der Waals surface area (Å²) in [5.74, 6) is -0.313. The van der Waals surface area contributed by atoms with Crippen LogP contribution in [0.1, 0.15) is 19.4 Å². The first-order valence-corrected chi connectivity index (χ1v) is 7.05. The highest BCUT2D eigenvalue weighted by Crippen LogP contribution is 2.30. The van der Waals surface area contributed by atoms with Crippen molar-refractivity contribution < 1.29 is 9.90 Å². The van der Waals surface area contributed by atoms with E-state index in [0.29, 0.717) is 17.0 Å².